The van der Waals surface area contributed by atoms with Crippen molar-refractivity contribution in [2.45, 2.75) is 24.7 Å². The van der Waals surface area contributed by atoms with Crippen LogP contribution in [0, 0.1) is 5.92 Å². The van der Waals surface area contributed by atoms with E-state index in [4.69, 9.17) is 5.11 Å². The molecule has 0 saturated heterocycles. The van der Waals surface area contributed by atoms with Crippen LogP contribution in [0.4, 0.5) is 0 Å². The molecule has 0 spiro atoms. The van der Waals surface area contributed by atoms with Gasteiger partial charge in [-0.25, -0.2) is 8.42 Å². The number of carboxylic acid groups (broad SMARTS) is 1. The largest absolute Gasteiger partial charge is 0.481 e. The number of benzene rings is 1. The molecule has 2 N–H and O–H groups in total. The highest BCUT2D eigenvalue weighted by atomic mass is 32.2. The SMILES string of the molecule is CCCC(CNC(=O)CN(C)S(=O)(=O)c1ccccc1)C(=O)O. The van der Waals surface area contributed by atoms with Crippen molar-refractivity contribution >= 4 is 21.9 Å². The molecule has 1 aromatic rings. The summed E-state index contributed by atoms with van der Waals surface area (Å²) in [6, 6.07) is 7.80. The Kier molecular flexibility index (Phi) is 7.18. The van der Waals surface area contributed by atoms with E-state index in [0.717, 1.165) is 4.31 Å². The zero-order chi connectivity index (χ0) is 17.5. The fourth-order valence-corrected chi connectivity index (χ4v) is 3.16. The second-order valence-corrected chi connectivity index (χ2v) is 7.25. The highest BCUT2D eigenvalue weighted by molar-refractivity contribution is 7.89. The fraction of sp³-hybridized carbons (Fsp3) is 0.467. The second kappa shape index (κ2) is 8.64. The van der Waals surface area contributed by atoms with Crippen molar-refractivity contribution in [3.8, 4) is 0 Å². The first-order chi connectivity index (χ1) is 10.8. The molecule has 1 amide bonds. The monoisotopic (exact) mass is 342 g/mol. The van der Waals surface area contributed by atoms with Crippen molar-refractivity contribution in [3.05, 3.63) is 30.3 Å². The summed E-state index contributed by atoms with van der Waals surface area (Å²) in [5.74, 6) is -2.17. The number of sulfonamides is 1. The van der Waals surface area contributed by atoms with Crippen molar-refractivity contribution in [3.63, 3.8) is 0 Å². The van der Waals surface area contributed by atoms with Crippen LogP contribution in [0.3, 0.4) is 0 Å². The highest BCUT2D eigenvalue weighted by Crippen LogP contribution is 2.13. The Morgan fingerprint density at radius 3 is 2.39 bits per heavy atom. The normalized spacial score (nSPS) is 12.8. The number of likely N-dealkylation sites (N-methyl/N-ethyl adjacent to an activating group) is 1. The van der Waals surface area contributed by atoms with E-state index in [2.05, 4.69) is 5.32 Å². The quantitative estimate of drug-likeness (QED) is 0.694. The number of hydrogen-bond acceptors (Lipinski definition) is 4. The van der Waals surface area contributed by atoms with Crippen molar-refractivity contribution < 1.29 is 23.1 Å². The second-order valence-electron chi connectivity index (χ2n) is 5.20. The number of carbonyl (C=O) groups is 2. The van der Waals surface area contributed by atoms with Crippen molar-refractivity contribution in [2.75, 3.05) is 20.1 Å². The van der Waals surface area contributed by atoms with Crippen molar-refractivity contribution in [1.29, 1.82) is 0 Å². The van der Waals surface area contributed by atoms with Crippen molar-refractivity contribution in [2.24, 2.45) is 5.92 Å². The molecule has 1 aromatic carbocycles. The van der Waals surface area contributed by atoms with E-state index in [0.29, 0.717) is 12.8 Å². The van der Waals surface area contributed by atoms with E-state index < -0.39 is 27.8 Å². The molecule has 23 heavy (non-hydrogen) atoms. The van der Waals surface area contributed by atoms with Crippen LogP contribution in [0.15, 0.2) is 35.2 Å². The Morgan fingerprint density at radius 1 is 1.26 bits per heavy atom. The maximum atomic E-state index is 12.3. The summed E-state index contributed by atoms with van der Waals surface area (Å²) in [7, 11) is -2.43. The predicted octanol–water partition coefficient (Wildman–Crippen LogP) is 0.924. The van der Waals surface area contributed by atoms with E-state index >= 15 is 0 Å². The number of carboxylic acids is 1. The summed E-state index contributed by atoms with van der Waals surface area (Å²) in [5, 5.41) is 11.5. The third-order valence-electron chi connectivity index (χ3n) is 3.35. The Morgan fingerprint density at radius 2 is 1.87 bits per heavy atom. The van der Waals surface area contributed by atoms with Gasteiger partial charge in [-0.15, -0.1) is 0 Å². The molecule has 0 saturated carbocycles. The molecule has 0 radical (unpaired) electrons. The molecular formula is C15H22N2O5S. The van der Waals surface area contributed by atoms with Gasteiger partial charge in [0.15, 0.2) is 0 Å². The Hall–Kier alpha value is -1.93. The molecule has 0 bridgehead atoms. The minimum absolute atomic E-state index is 0.0127. The zero-order valence-corrected chi connectivity index (χ0v) is 14.0. The summed E-state index contributed by atoms with van der Waals surface area (Å²) in [5.41, 5.74) is 0. The van der Waals surface area contributed by atoms with Crippen LogP contribution < -0.4 is 5.32 Å². The summed E-state index contributed by atoms with van der Waals surface area (Å²) in [6.07, 6.45) is 1.14. The molecule has 1 atom stereocenters. The first kappa shape index (κ1) is 19.1. The van der Waals surface area contributed by atoms with E-state index in [1.54, 1.807) is 18.2 Å². The number of rotatable bonds is 9. The predicted molar refractivity (Wildman–Crippen MR) is 85.3 cm³/mol. The summed E-state index contributed by atoms with van der Waals surface area (Å²) in [6.45, 7) is 1.48. The van der Waals surface area contributed by atoms with Gasteiger partial charge in [-0.3, -0.25) is 9.59 Å². The van der Waals surface area contributed by atoms with Crippen LogP contribution >= 0.6 is 0 Å². The van der Waals surface area contributed by atoms with Gasteiger partial charge in [-0.1, -0.05) is 31.5 Å². The lowest BCUT2D eigenvalue weighted by Crippen LogP contribution is -2.41. The Balaban J connectivity index is 2.61. The van der Waals surface area contributed by atoms with Gasteiger partial charge < -0.3 is 10.4 Å². The molecule has 8 heteroatoms. The summed E-state index contributed by atoms with van der Waals surface area (Å²) >= 11 is 0. The van der Waals surface area contributed by atoms with Gasteiger partial charge in [-0.05, 0) is 18.6 Å². The molecule has 0 aliphatic rings. The van der Waals surface area contributed by atoms with Crippen LogP contribution in [0.2, 0.25) is 0 Å². The third kappa shape index (κ3) is 5.65. The Labute approximate surface area is 136 Å². The maximum absolute atomic E-state index is 12.3. The Bertz CT molecular complexity index is 631. The highest BCUT2D eigenvalue weighted by Gasteiger charge is 2.23. The van der Waals surface area contributed by atoms with Gasteiger partial charge in [0.25, 0.3) is 0 Å². The van der Waals surface area contributed by atoms with Gasteiger partial charge in [0.05, 0.1) is 17.4 Å². The lowest BCUT2D eigenvalue weighted by Gasteiger charge is -2.18. The van der Waals surface area contributed by atoms with E-state index in [1.807, 2.05) is 6.92 Å². The number of hydrogen-bond donors (Lipinski definition) is 2. The van der Waals surface area contributed by atoms with Crippen molar-refractivity contribution in [1.82, 2.24) is 9.62 Å². The third-order valence-corrected chi connectivity index (χ3v) is 5.17. The minimum atomic E-state index is -3.74. The van der Waals surface area contributed by atoms with Gasteiger partial charge >= 0.3 is 5.97 Å². The molecule has 0 heterocycles. The van der Waals surface area contributed by atoms with Crippen LogP contribution in [0.5, 0.6) is 0 Å². The first-order valence-electron chi connectivity index (χ1n) is 7.30. The number of nitrogens with one attached hydrogen (secondary N) is 1. The number of aliphatic carboxylic acids is 1. The van der Waals surface area contributed by atoms with Gasteiger partial charge in [0.1, 0.15) is 0 Å². The molecule has 128 valence electrons. The van der Waals surface area contributed by atoms with E-state index in [1.165, 1.54) is 19.2 Å². The molecule has 1 rings (SSSR count). The summed E-state index contributed by atoms with van der Waals surface area (Å²) < 4.78 is 25.5. The molecule has 0 fully saturated rings. The lowest BCUT2D eigenvalue weighted by molar-refractivity contribution is -0.141. The molecule has 7 nitrogen and oxygen atoms in total. The van der Waals surface area contributed by atoms with Crippen LogP contribution in [-0.4, -0.2) is 49.8 Å². The zero-order valence-electron chi connectivity index (χ0n) is 13.2. The maximum Gasteiger partial charge on any atom is 0.308 e. The van der Waals surface area contributed by atoms with Crippen LogP contribution in [0.25, 0.3) is 0 Å². The topological polar surface area (TPSA) is 104 Å². The fourth-order valence-electron chi connectivity index (χ4n) is 2.01. The number of nitrogens with zero attached hydrogens (tertiary/aromatic N) is 1. The standard InChI is InChI=1S/C15H22N2O5S/c1-3-7-12(15(19)20)10-16-14(18)11-17(2)23(21,22)13-8-5-4-6-9-13/h4-6,8-9,12H,3,7,10-11H2,1-2H3,(H,16,18)(H,19,20). The van der Waals surface area contributed by atoms with Crippen LogP contribution in [-0.2, 0) is 19.6 Å². The average molecular weight is 342 g/mol. The number of carbonyl (C=O) groups excluding carboxylic acids is 1. The van der Waals surface area contributed by atoms with E-state index in [9.17, 15) is 18.0 Å². The molecule has 0 aliphatic heterocycles. The minimum Gasteiger partial charge on any atom is -0.481 e. The van der Waals surface area contributed by atoms with Gasteiger partial charge in [0, 0.05) is 13.6 Å². The summed E-state index contributed by atoms with van der Waals surface area (Å²) in [4.78, 5) is 23.0. The molecule has 0 aliphatic carbocycles. The van der Waals surface area contributed by atoms with Crippen LogP contribution in [0.1, 0.15) is 19.8 Å². The average Bonchev–Trinajstić information content (AvgIpc) is 2.51. The molecular weight excluding hydrogens is 320 g/mol. The lowest BCUT2D eigenvalue weighted by atomic mass is 10.0. The molecule has 1 unspecified atom stereocenters. The first-order valence-corrected chi connectivity index (χ1v) is 8.74. The molecule has 0 aromatic heterocycles. The van der Waals surface area contributed by atoms with Gasteiger partial charge in [-0.2, -0.15) is 4.31 Å². The van der Waals surface area contributed by atoms with E-state index in [-0.39, 0.29) is 18.0 Å². The smallest absolute Gasteiger partial charge is 0.308 e. The van der Waals surface area contributed by atoms with Gasteiger partial charge in [0.2, 0.25) is 15.9 Å². The number of amides is 1.